The number of aromatic nitrogens is 2. The first kappa shape index (κ1) is 12.3. The number of hydrogen-bond acceptors (Lipinski definition) is 4. The van der Waals surface area contributed by atoms with E-state index in [1.165, 1.54) is 6.07 Å². The van der Waals surface area contributed by atoms with Gasteiger partial charge < -0.3 is 10.3 Å². The van der Waals surface area contributed by atoms with Gasteiger partial charge in [-0.3, -0.25) is 0 Å². The summed E-state index contributed by atoms with van der Waals surface area (Å²) in [6, 6.07) is 11.7. The number of hydrogen-bond donors (Lipinski definition) is 1. The lowest BCUT2D eigenvalue weighted by Crippen LogP contribution is -1.90. The van der Waals surface area contributed by atoms with Crippen LogP contribution in [-0.4, -0.2) is 10.1 Å². The molecule has 0 aliphatic carbocycles. The van der Waals surface area contributed by atoms with Crippen LogP contribution in [0, 0.1) is 12.7 Å². The Morgan fingerprint density at radius 1 is 1.15 bits per heavy atom. The van der Waals surface area contributed by atoms with Crippen LogP contribution < -0.4 is 5.73 Å². The van der Waals surface area contributed by atoms with Crippen LogP contribution in [0.25, 0.3) is 22.8 Å². The van der Waals surface area contributed by atoms with E-state index in [0.29, 0.717) is 17.1 Å². The minimum absolute atomic E-state index is 0.229. The molecular weight excluding hydrogens is 257 g/mol. The number of aryl methyl sites for hydroxylation is 1. The van der Waals surface area contributed by atoms with Crippen molar-refractivity contribution in [3.05, 3.63) is 53.8 Å². The number of halogens is 1. The van der Waals surface area contributed by atoms with Gasteiger partial charge in [0.25, 0.3) is 5.89 Å². The molecule has 0 saturated heterocycles. The van der Waals surface area contributed by atoms with Crippen molar-refractivity contribution in [3.8, 4) is 22.8 Å². The summed E-state index contributed by atoms with van der Waals surface area (Å²) in [4.78, 5) is 4.22. The zero-order chi connectivity index (χ0) is 14.1. The average molecular weight is 269 g/mol. The van der Waals surface area contributed by atoms with Gasteiger partial charge in [0.2, 0.25) is 5.82 Å². The predicted molar refractivity (Wildman–Crippen MR) is 74.3 cm³/mol. The molecule has 3 rings (SSSR count). The fraction of sp³-hybridized carbons (Fsp3) is 0.0667. The highest BCUT2D eigenvalue weighted by atomic mass is 19.1. The van der Waals surface area contributed by atoms with Crippen LogP contribution in [0.3, 0.4) is 0 Å². The van der Waals surface area contributed by atoms with Crippen LogP contribution in [0.4, 0.5) is 10.1 Å². The van der Waals surface area contributed by atoms with Gasteiger partial charge >= 0.3 is 0 Å². The van der Waals surface area contributed by atoms with E-state index in [9.17, 15) is 4.39 Å². The maximum absolute atomic E-state index is 13.7. The third kappa shape index (κ3) is 2.14. The molecule has 0 saturated carbocycles. The molecule has 4 nitrogen and oxygen atoms in total. The molecule has 100 valence electrons. The van der Waals surface area contributed by atoms with E-state index in [4.69, 9.17) is 10.3 Å². The zero-order valence-electron chi connectivity index (χ0n) is 10.8. The van der Waals surface area contributed by atoms with E-state index < -0.39 is 0 Å². The lowest BCUT2D eigenvalue weighted by molar-refractivity contribution is 0.432. The van der Waals surface area contributed by atoms with Crippen molar-refractivity contribution in [3.63, 3.8) is 0 Å². The number of nitrogens with zero attached hydrogens (tertiary/aromatic N) is 2. The molecule has 2 aromatic carbocycles. The Labute approximate surface area is 115 Å². The summed E-state index contributed by atoms with van der Waals surface area (Å²) in [6.07, 6.45) is 0. The van der Waals surface area contributed by atoms with E-state index in [0.717, 1.165) is 11.1 Å². The summed E-state index contributed by atoms with van der Waals surface area (Å²) in [5.41, 5.74) is 8.46. The Morgan fingerprint density at radius 3 is 2.70 bits per heavy atom. The fourth-order valence-electron chi connectivity index (χ4n) is 1.90. The van der Waals surface area contributed by atoms with E-state index in [1.807, 2.05) is 13.0 Å². The highest BCUT2D eigenvalue weighted by Gasteiger charge is 2.13. The normalized spacial score (nSPS) is 10.7. The van der Waals surface area contributed by atoms with Crippen LogP contribution in [0.15, 0.2) is 47.0 Å². The standard InChI is InChI=1S/C15H12FN3O/c1-9-8-10(6-7-13(9)17)15-18-14(19-20-15)11-4-2-3-5-12(11)16/h2-8H,17H2,1H3. The molecule has 20 heavy (non-hydrogen) atoms. The molecule has 3 aromatic rings. The second-order valence-corrected chi connectivity index (χ2v) is 4.47. The Bertz CT molecular complexity index is 767. The van der Waals surface area contributed by atoms with Gasteiger partial charge in [-0.05, 0) is 42.8 Å². The van der Waals surface area contributed by atoms with E-state index in [2.05, 4.69) is 10.1 Å². The smallest absolute Gasteiger partial charge is 0.258 e. The molecule has 0 aliphatic heterocycles. The van der Waals surface area contributed by atoms with Gasteiger partial charge in [0, 0.05) is 11.3 Å². The van der Waals surface area contributed by atoms with Crippen LogP contribution in [0.1, 0.15) is 5.56 Å². The molecule has 0 unspecified atom stereocenters. The van der Waals surface area contributed by atoms with Crippen LogP contribution in [0.5, 0.6) is 0 Å². The minimum atomic E-state index is -0.381. The molecule has 0 fully saturated rings. The van der Waals surface area contributed by atoms with Gasteiger partial charge in [-0.15, -0.1) is 0 Å². The fourth-order valence-corrected chi connectivity index (χ4v) is 1.90. The monoisotopic (exact) mass is 269 g/mol. The topological polar surface area (TPSA) is 64.9 Å². The highest BCUT2D eigenvalue weighted by Crippen LogP contribution is 2.25. The molecule has 0 aliphatic rings. The summed E-state index contributed by atoms with van der Waals surface area (Å²) >= 11 is 0. The van der Waals surface area contributed by atoms with Crippen LogP contribution in [-0.2, 0) is 0 Å². The molecule has 0 spiro atoms. The van der Waals surface area contributed by atoms with Crippen LogP contribution in [0.2, 0.25) is 0 Å². The molecule has 1 aromatic heterocycles. The zero-order valence-corrected chi connectivity index (χ0v) is 10.8. The van der Waals surface area contributed by atoms with Gasteiger partial charge in [-0.25, -0.2) is 4.39 Å². The first-order chi connectivity index (χ1) is 9.65. The molecule has 2 N–H and O–H groups in total. The van der Waals surface area contributed by atoms with E-state index in [-0.39, 0.29) is 11.6 Å². The van der Waals surface area contributed by atoms with Crippen molar-refractivity contribution in [1.29, 1.82) is 0 Å². The Balaban J connectivity index is 2.02. The van der Waals surface area contributed by atoms with Crippen molar-refractivity contribution in [2.75, 3.05) is 5.73 Å². The van der Waals surface area contributed by atoms with Gasteiger partial charge in [-0.1, -0.05) is 17.3 Å². The van der Waals surface area contributed by atoms with Gasteiger partial charge in [-0.2, -0.15) is 4.98 Å². The third-order valence-electron chi connectivity index (χ3n) is 3.06. The second-order valence-electron chi connectivity index (χ2n) is 4.47. The Morgan fingerprint density at radius 2 is 1.95 bits per heavy atom. The van der Waals surface area contributed by atoms with Crippen molar-refractivity contribution >= 4 is 5.69 Å². The first-order valence-electron chi connectivity index (χ1n) is 6.10. The number of nitrogens with two attached hydrogens (primary N) is 1. The van der Waals surface area contributed by atoms with Crippen molar-refractivity contribution in [1.82, 2.24) is 10.1 Å². The molecule has 1 heterocycles. The number of anilines is 1. The third-order valence-corrected chi connectivity index (χ3v) is 3.06. The Kier molecular flexibility index (Phi) is 2.95. The molecule has 0 radical (unpaired) electrons. The lowest BCUT2D eigenvalue weighted by atomic mass is 10.1. The molecular formula is C15H12FN3O. The summed E-state index contributed by atoms with van der Waals surface area (Å²) < 4.78 is 18.9. The molecule has 0 amide bonds. The second kappa shape index (κ2) is 4.77. The van der Waals surface area contributed by atoms with E-state index >= 15 is 0 Å². The summed E-state index contributed by atoms with van der Waals surface area (Å²) in [6.45, 7) is 1.90. The number of benzene rings is 2. The molecule has 0 atom stereocenters. The van der Waals surface area contributed by atoms with Crippen LogP contribution >= 0.6 is 0 Å². The summed E-state index contributed by atoms with van der Waals surface area (Å²) in [5.74, 6) is 0.187. The summed E-state index contributed by atoms with van der Waals surface area (Å²) in [5, 5.41) is 3.82. The highest BCUT2D eigenvalue weighted by molar-refractivity contribution is 5.63. The average Bonchev–Trinajstić information content (AvgIpc) is 2.92. The van der Waals surface area contributed by atoms with Crippen molar-refractivity contribution in [2.24, 2.45) is 0 Å². The van der Waals surface area contributed by atoms with Crippen molar-refractivity contribution in [2.45, 2.75) is 6.92 Å². The maximum atomic E-state index is 13.7. The molecule has 0 bridgehead atoms. The SMILES string of the molecule is Cc1cc(-c2nc(-c3ccccc3F)no2)ccc1N. The van der Waals surface area contributed by atoms with Crippen molar-refractivity contribution < 1.29 is 8.91 Å². The van der Waals surface area contributed by atoms with Gasteiger partial charge in [0.05, 0.1) is 5.56 Å². The van der Waals surface area contributed by atoms with E-state index in [1.54, 1.807) is 30.3 Å². The number of nitrogen functional groups attached to an aromatic ring is 1. The number of rotatable bonds is 2. The maximum Gasteiger partial charge on any atom is 0.258 e. The molecule has 5 heteroatoms. The predicted octanol–water partition coefficient (Wildman–Crippen LogP) is 3.43. The summed E-state index contributed by atoms with van der Waals surface area (Å²) in [7, 11) is 0. The van der Waals surface area contributed by atoms with Gasteiger partial charge in [0.1, 0.15) is 5.82 Å². The quantitative estimate of drug-likeness (QED) is 0.724. The lowest BCUT2D eigenvalue weighted by Gasteiger charge is -2.00. The minimum Gasteiger partial charge on any atom is -0.399 e. The first-order valence-corrected chi connectivity index (χ1v) is 6.10. The van der Waals surface area contributed by atoms with Gasteiger partial charge in [0.15, 0.2) is 0 Å². The largest absolute Gasteiger partial charge is 0.399 e. The Hall–Kier alpha value is -2.69.